The molecule has 0 aromatic carbocycles. The number of hydrogen-bond acceptors (Lipinski definition) is 30. The normalized spacial score (nSPS) is 24.9. The number of phosphoric ester groups is 1. The van der Waals surface area contributed by atoms with Gasteiger partial charge in [-0.25, -0.2) is 0 Å². The Balaban J connectivity index is 0.00000218. The topological polar surface area (TPSA) is 521 Å². The fourth-order valence-corrected chi connectivity index (χ4v) is 14.0. The van der Waals surface area contributed by atoms with E-state index in [2.05, 4.69) is 15.2 Å². The highest BCUT2D eigenvalue weighted by Crippen LogP contribution is 2.33. The van der Waals surface area contributed by atoms with Crippen LogP contribution in [0.5, 0.6) is 0 Å². The van der Waals surface area contributed by atoms with Crippen LogP contribution in [-0.2, 0) is 90.1 Å². The molecule has 3 aliphatic heterocycles. The summed E-state index contributed by atoms with van der Waals surface area (Å²) in [5, 5.41) is 93.7. The van der Waals surface area contributed by atoms with Gasteiger partial charge in [0.25, 0.3) is 7.82 Å². The number of unbranched alkanes of at least 4 members (excludes halogenated alkanes) is 15. The number of ether oxygens (including phenoxy) is 9. The van der Waals surface area contributed by atoms with Crippen molar-refractivity contribution in [2.75, 3.05) is 99.0 Å². The van der Waals surface area contributed by atoms with Gasteiger partial charge in [0.15, 0.2) is 18.9 Å². The van der Waals surface area contributed by atoms with E-state index < -0.39 is 118 Å². The molecule has 0 bridgehead atoms. The first-order chi connectivity index (χ1) is 54.9. The maximum Gasteiger partial charge on any atom is 0.265 e. The molecule has 14 N–H and O–H groups in total. The number of nitrogens with two attached hydrogens (primary N) is 1. The van der Waals surface area contributed by atoms with Gasteiger partial charge in [0.2, 0.25) is 11.8 Å². The smallest absolute Gasteiger partial charge is 0.265 e. The summed E-state index contributed by atoms with van der Waals surface area (Å²) in [5.74, 6) is -1.48. The molecule has 0 saturated carbocycles. The number of carbonyl (C=O) groups excluding carboxylic acids is 8. The number of aldehydes is 1. The highest BCUT2D eigenvalue weighted by molar-refractivity contribution is 7.44. The fourth-order valence-electron chi connectivity index (χ4n) is 13.6. The number of hydrogen-bond donors (Lipinski definition) is 13. The van der Waals surface area contributed by atoms with Crippen LogP contribution in [0.3, 0.4) is 0 Å². The number of aliphatic hydroxyl groups excluding tert-OH is 9. The van der Waals surface area contributed by atoms with Crippen molar-refractivity contribution in [2.45, 2.75) is 339 Å². The molecule has 115 heavy (non-hydrogen) atoms. The van der Waals surface area contributed by atoms with Crippen LogP contribution in [0, 0.1) is 29.1 Å². The molecule has 3 fully saturated rings. The average Bonchev–Trinajstić information content (AvgIpc) is 0.834. The molecule has 2 amide bonds. The van der Waals surface area contributed by atoms with Gasteiger partial charge >= 0.3 is 0 Å². The van der Waals surface area contributed by atoms with E-state index in [1.807, 2.05) is 13.8 Å². The van der Waals surface area contributed by atoms with Crippen molar-refractivity contribution in [3.05, 3.63) is 0 Å². The molecular formula is C81H147N3O30P-. The summed E-state index contributed by atoms with van der Waals surface area (Å²) in [6.07, 6.45) is 8.22. The number of nitrogens with one attached hydrogen (secondary N) is 2. The van der Waals surface area contributed by atoms with Crippen LogP contribution >= 0.6 is 7.82 Å². The van der Waals surface area contributed by atoms with Crippen LogP contribution in [-0.4, -0.2) is 277 Å². The zero-order valence-corrected chi connectivity index (χ0v) is 70.3. The quantitative estimate of drug-likeness (QED) is 0.0223. The summed E-state index contributed by atoms with van der Waals surface area (Å²) in [6.45, 7) is 9.37. The predicted octanol–water partition coefficient (Wildman–Crippen LogP) is 4.68. The van der Waals surface area contributed by atoms with Gasteiger partial charge in [-0.1, -0.05) is 86.0 Å². The van der Waals surface area contributed by atoms with Crippen LogP contribution < -0.4 is 21.3 Å². The zero-order chi connectivity index (χ0) is 85.4. The second kappa shape index (κ2) is 64.2. The summed E-state index contributed by atoms with van der Waals surface area (Å²) in [5.41, 5.74) is 4.57. The van der Waals surface area contributed by atoms with Gasteiger partial charge < -0.3 is 124 Å². The Labute approximate surface area is 681 Å². The Morgan fingerprint density at radius 2 is 0.800 bits per heavy atom. The molecule has 3 heterocycles. The van der Waals surface area contributed by atoms with Crippen molar-refractivity contribution in [1.29, 1.82) is 0 Å². The molecular weight excluding hydrogens is 1530 g/mol. The number of ketones is 5. The monoisotopic (exact) mass is 1670 g/mol. The number of carbonyl (C=O) groups is 8. The third-order valence-corrected chi connectivity index (χ3v) is 21.3. The number of phosphoric acid groups is 1. The van der Waals surface area contributed by atoms with Crippen molar-refractivity contribution in [2.24, 2.45) is 34.8 Å². The average molecular weight is 1670 g/mol. The standard InChI is InChI=1S/C69H126N3O24P.C12H22O6/c1-50(2)42-53(46-94-97(86,87)88)72-62(81)31-18-10-8-6-5-7-9-13-30-58(79)43-69(49-91-41-34-61(80)71-36-23-35-70,47-89-39-32-56(77)26-16-11-14-24-54(75)28-19-21-37-92-67-51(3)63(82)65(84)59(44-73)95-67)48-90-40-33-57(78)27-17-12-15-25-55(76)29-20-22-38-93-68-52(4)64(83)66(85)60(45-74)96-68;1-8-10(15)11(16)9(7-14)18-12(8)17-6-4-2-3-5-13/h50-53,59-60,63-68,73-74,82-85H,5-49,70H2,1-4H3,(H,71,80)(H,72,81)(H2,86,87,88);5,8-12,14-16H,2-4,6-7H2,1H3/p-1/t51?,52?,53-,59?,60?,63?,64?,65?,66?,67?,68?,69?;/m0./s1. The molecule has 16 unspecified atom stereocenters. The van der Waals surface area contributed by atoms with Crippen molar-refractivity contribution >= 4 is 54.8 Å². The maximum absolute atomic E-state index is 13.9. The van der Waals surface area contributed by atoms with Crippen LogP contribution in [0.25, 0.3) is 0 Å². The molecule has 3 rings (SSSR count). The van der Waals surface area contributed by atoms with Crippen molar-refractivity contribution < 1.29 is 146 Å². The van der Waals surface area contributed by atoms with E-state index in [9.17, 15) is 88.7 Å². The third-order valence-electron chi connectivity index (χ3n) is 20.8. The third kappa shape index (κ3) is 49.1. The van der Waals surface area contributed by atoms with Crippen molar-refractivity contribution in [3.8, 4) is 0 Å². The first kappa shape index (κ1) is 107. The number of amides is 2. The molecule has 3 aliphatic rings. The highest BCUT2D eigenvalue weighted by Gasteiger charge is 2.45. The summed E-state index contributed by atoms with van der Waals surface area (Å²) in [6, 6.07) is -0.545. The van der Waals surface area contributed by atoms with E-state index in [4.69, 9.17) is 58.4 Å². The maximum atomic E-state index is 13.9. The van der Waals surface area contributed by atoms with Gasteiger partial charge in [0.05, 0.1) is 90.4 Å². The van der Waals surface area contributed by atoms with E-state index in [-0.39, 0.29) is 157 Å². The lowest BCUT2D eigenvalue weighted by atomic mass is 9.83. The summed E-state index contributed by atoms with van der Waals surface area (Å²) >= 11 is 0. The molecule has 0 spiro atoms. The fraction of sp³-hybridized carbons (Fsp3) is 0.901. The molecule has 672 valence electrons. The molecule has 34 heteroatoms. The van der Waals surface area contributed by atoms with Crippen molar-refractivity contribution in [1.82, 2.24) is 10.6 Å². The minimum Gasteiger partial charge on any atom is -0.756 e. The van der Waals surface area contributed by atoms with Crippen LogP contribution in [0.15, 0.2) is 0 Å². The molecule has 0 aromatic rings. The first-order valence-electron chi connectivity index (χ1n) is 42.4. The van der Waals surface area contributed by atoms with E-state index >= 15 is 0 Å². The second-order valence-electron chi connectivity index (χ2n) is 31.8. The Bertz CT molecular complexity index is 2570. The summed E-state index contributed by atoms with van der Waals surface area (Å²) in [4.78, 5) is 121. The van der Waals surface area contributed by atoms with E-state index in [0.717, 1.165) is 57.7 Å². The van der Waals surface area contributed by atoms with E-state index in [0.29, 0.717) is 155 Å². The lowest BCUT2D eigenvalue weighted by Gasteiger charge is -2.40. The number of Topliss-reactive ketones (excluding diaryl/α,β-unsaturated/α-hetero) is 5. The van der Waals surface area contributed by atoms with Gasteiger partial charge in [0.1, 0.15) is 71.8 Å². The van der Waals surface area contributed by atoms with Gasteiger partial charge in [-0.2, -0.15) is 0 Å². The van der Waals surface area contributed by atoms with Crippen molar-refractivity contribution in [3.63, 3.8) is 0 Å². The van der Waals surface area contributed by atoms with Gasteiger partial charge in [-0.3, -0.25) is 38.1 Å². The first-order valence-corrected chi connectivity index (χ1v) is 43.9. The molecule has 0 aromatic heterocycles. The second-order valence-corrected chi connectivity index (χ2v) is 33.0. The lowest BCUT2D eigenvalue weighted by molar-refractivity contribution is -0.282. The van der Waals surface area contributed by atoms with Gasteiger partial charge in [-0.15, -0.1) is 0 Å². The Morgan fingerprint density at radius 3 is 1.17 bits per heavy atom. The summed E-state index contributed by atoms with van der Waals surface area (Å²) < 4.78 is 67.7. The largest absolute Gasteiger partial charge is 0.756 e. The number of rotatable bonds is 70. The van der Waals surface area contributed by atoms with Gasteiger partial charge in [0, 0.05) is 133 Å². The lowest BCUT2D eigenvalue weighted by Crippen LogP contribution is -2.55. The Kier molecular flexibility index (Phi) is 59.9. The minimum atomic E-state index is -4.91. The zero-order valence-electron chi connectivity index (χ0n) is 69.4. The molecule has 3 saturated heterocycles. The molecule has 0 aliphatic carbocycles. The highest BCUT2D eigenvalue weighted by atomic mass is 31.2. The predicted molar refractivity (Wildman–Crippen MR) is 421 cm³/mol. The SMILES string of the molecule is CC(C)C[C@@H](COP(=O)([O-])O)NC(=O)CCCCCCCCCCC(=O)CC(COCCC(=O)CCCCCC(=O)CCCCOC1OC(CO)C(O)C(O)C1C)(COCCC(=O)CCCCCC(=O)CCCCOC1OC(CO)C(O)C(O)C1C)COCCC(=O)NCCCN.CC1C(OCCCCC=O)OC(CO)C(O)C1O. The molecule has 17 atom stereocenters. The van der Waals surface area contributed by atoms with Crippen LogP contribution in [0.1, 0.15) is 259 Å². The Hall–Kier alpha value is -3.69. The number of aliphatic hydroxyl groups is 9. The van der Waals surface area contributed by atoms with Gasteiger partial charge in [-0.05, 0) is 102 Å². The minimum absolute atomic E-state index is 0.00542. The Morgan fingerprint density at radius 1 is 0.461 bits per heavy atom. The molecule has 33 nitrogen and oxygen atoms in total. The van der Waals surface area contributed by atoms with Crippen LogP contribution in [0.4, 0.5) is 0 Å². The van der Waals surface area contributed by atoms with E-state index in [1.165, 1.54) is 0 Å². The van der Waals surface area contributed by atoms with Crippen LogP contribution in [0.2, 0.25) is 0 Å². The molecule has 0 radical (unpaired) electrons. The van der Waals surface area contributed by atoms with E-state index in [1.54, 1.807) is 20.8 Å². The summed E-state index contributed by atoms with van der Waals surface area (Å²) in [7, 11) is -4.91.